The van der Waals surface area contributed by atoms with Crippen molar-refractivity contribution in [1.82, 2.24) is 9.97 Å². The van der Waals surface area contributed by atoms with Crippen LogP contribution in [0.15, 0.2) is 40.9 Å². The molecule has 0 aliphatic rings. The van der Waals surface area contributed by atoms with Crippen LogP contribution in [0.4, 0.5) is 0 Å². The van der Waals surface area contributed by atoms with Crippen molar-refractivity contribution in [2.75, 3.05) is 14.2 Å². The highest BCUT2D eigenvalue weighted by molar-refractivity contribution is 9.10. The highest BCUT2D eigenvalue weighted by atomic mass is 79.9. The molecule has 1 aromatic heterocycles. The van der Waals surface area contributed by atoms with Gasteiger partial charge in [0.25, 0.3) is 0 Å². The molecule has 3 aromatic rings. The molecule has 102 valence electrons. The SMILES string of the molecule is COc1cccc(-c2nc3ccc(Br)cc3[nH]2)c1OC. The van der Waals surface area contributed by atoms with Gasteiger partial charge >= 0.3 is 0 Å². The molecule has 0 fully saturated rings. The number of halogens is 1. The van der Waals surface area contributed by atoms with Gasteiger partial charge in [-0.25, -0.2) is 4.98 Å². The maximum Gasteiger partial charge on any atom is 0.171 e. The lowest BCUT2D eigenvalue weighted by molar-refractivity contribution is 0.356. The summed E-state index contributed by atoms with van der Waals surface area (Å²) in [5.74, 6) is 2.12. The van der Waals surface area contributed by atoms with Gasteiger partial charge in [0.1, 0.15) is 5.82 Å². The van der Waals surface area contributed by atoms with E-state index in [-0.39, 0.29) is 0 Å². The Morgan fingerprint density at radius 2 is 1.95 bits per heavy atom. The Hall–Kier alpha value is -2.01. The van der Waals surface area contributed by atoms with Crippen LogP contribution < -0.4 is 9.47 Å². The zero-order valence-corrected chi connectivity index (χ0v) is 12.7. The summed E-state index contributed by atoms with van der Waals surface area (Å²) in [6.45, 7) is 0. The van der Waals surface area contributed by atoms with Crippen molar-refractivity contribution in [3.05, 3.63) is 40.9 Å². The fourth-order valence-electron chi connectivity index (χ4n) is 2.18. The van der Waals surface area contributed by atoms with E-state index in [1.807, 2.05) is 36.4 Å². The molecule has 5 heteroatoms. The van der Waals surface area contributed by atoms with Gasteiger partial charge in [-0.15, -0.1) is 0 Å². The van der Waals surface area contributed by atoms with Crippen LogP contribution in [0, 0.1) is 0 Å². The van der Waals surface area contributed by atoms with Gasteiger partial charge in [0, 0.05) is 4.47 Å². The maximum atomic E-state index is 5.45. The number of methoxy groups -OCH3 is 2. The van der Waals surface area contributed by atoms with Gasteiger partial charge in [-0.2, -0.15) is 0 Å². The largest absolute Gasteiger partial charge is 0.493 e. The quantitative estimate of drug-likeness (QED) is 0.788. The van der Waals surface area contributed by atoms with Crippen LogP contribution in [0.3, 0.4) is 0 Å². The first-order chi connectivity index (χ1) is 9.72. The number of hydrogen-bond donors (Lipinski definition) is 1. The van der Waals surface area contributed by atoms with Crippen molar-refractivity contribution >= 4 is 27.0 Å². The molecule has 0 aliphatic heterocycles. The lowest BCUT2D eigenvalue weighted by Gasteiger charge is -2.10. The molecule has 3 rings (SSSR count). The molecule has 0 atom stereocenters. The second kappa shape index (κ2) is 5.17. The number of benzene rings is 2. The molecule has 0 bridgehead atoms. The predicted molar refractivity (Wildman–Crippen MR) is 82.3 cm³/mol. The Kier molecular flexibility index (Phi) is 3.36. The van der Waals surface area contributed by atoms with E-state index in [0.717, 1.165) is 26.9 Å². The van der Waals surface area contributed by atoms with E-state index in [1.165, 1.54) is 0 Å². The van der Waals surface area contributed by atoms with E-state index in [0.29, 0.717) is 11.5 Å². The highest BCUT2D eigenvalue weighted by Crippen LogP contribution is 2.37. The standard InChI is InChI=1S/C15H13BrN2O2/c1-19-13-5-3-4-10(14(13)20-2)15-17-11-7-6-9(16)8-12(11)18-15/h3-8H,1-2H3,(H,17,18). The summed E-state index contributed by atoms with van der Waals surface area (Å²) in [4.78, 5) is 7.90. The Labute approximate surface area is 124 Å². The second-order valence-corrected chi connectivity index (χ2v) is 5.20. The van der Waals surface area contributed by atoms with Crippen molar-refractivity contribution in [1.29, 1.82) is 0 Å². The Morgan fingerprint density at radius 1 is 1.10 bits per heavy atom. The van der Waals surface area contributed by atoms with Crippen LogP contribution >= 0.6 is 15.9 Å². The average Bonchev–Trinajstić information content (AvgIpc) is 2.88. The van der Waals surface area contributed by atoms with Gasteiger partial charge in [0.2, 0.25) is 0 Å². The number of nitrogens with zero attached hydrogens (tertiary/aromatic N) is 1. The number of aromatic amines is 1. The number of ether oxygens (including phenoxy) is 2. The molecule has 0 radical (unpaired) electrons. The van der Waals surface area contributed by atoms with E-state index in [1.54, 1.807) is 14.2 Å². The third kappa shape index (κ3) is 2.14. The van der Waals surface area contributed by atoms with Crippen LogP contribution in [-0.2, 0) is 0 Å². The monoisotopic (exact) mass is 332 g/mol. The number of imidazole rings is 1. The van der Waals surface area contributed by atoms with Gasteiger partial charge in [-0.3, -0.25) is 0 Å². The third-order valence-electron chi connectivity index (χ3n) is 3.10. The summed E-state index contributed by atoms with van der Waals surface area (Å²) in [7, 11) is 3.25. The zero-order valence-electron chi connectivity index (χ0n) is 11.1. The number of hydrogen-bond acceptors (Lipinski definition) is 3. The van der Waals surface area contributed by atoms with E-state index < -0.39 is 0 Å². The van der Waals surface area contributed by atoms with E-state index in [2.05, 4.69) is 25.9 Å². The first-order valence-electron chi connectivity index (χ1n) is 6.09. The molecule has 0 saturated carbocycles. The number of nitrogens with one attached hydrogen (secondary N) is 1. The van der Waals surface area contributed by atoms with Crippen molar-refractivity contribution in [3.63, 3.8) is 0 Å². The van der Waals surface area contributed by atoms with Gasteiger partial charge in [-0.05, 0) is 30.3 Å². The number of fused-ring (bicyclic) bond motifs is 1. The molecule has 0 aliphatic carbocycles. The normalized spacial score (nSPS) is 10.8. The van der Waals surface area contributed by atoms with Gasteiger partial charge in [-0.1, -0.05) is 22.0 Å². The molecule has 4 nitrogen and oxygen atoms in total. The Morgan fingerprint density at radius 3 is 2.70 bits per heavy atom. The smallest absolute Gasteiger partial charge is 0.171 e. The van der Waals surface area contributed by atoms with Crippen molar-refractivity contribution in [3.8, 4) is 22.9 Å². The lowest BCUT2D eigenvalue weighted by Crippen LogP contribution is -1.93. The topological polar surface area (TPSA) is 47.1 Å². The number of aromatic nitrogens is 2. The number of H-pyrrole nitrogens is 1. The maximum absolute atomic E-state index is 5.45. The third-order valence-corrected chi connectivity index (χ3v) is 3.60. The Bertz CT molecular complexity index is 768. The van der Waals surface area contributed by atoms with Crippen LogP contribution in [0.25, 0.3) is 22.4 Å². The number of rotatable bonds is 3. The second-order valence-electron chi connectivity index (χ2n) is 4.29. The first-order valence-corrected chi connectivity index (χ1v) is 6.89. The van der Waals surface area contributed by atoms with E-state index >= 15 is 0 Å². The van der Waals surface area contributed by atoms with Gasteiger partial charge in [0.05, 0.1) is 30.8 Å². The minimum Gasteiger partial charge on any atom is -0.493 e. The van der Waals surface area contributed by atoms with Crippen LogP contribution in [0.5, 0.6) is 11.5 Å². The molecular formula is C15H13BrN2O2. The fraction of sp³-hybridized carbons (Fsp3) is 0.133. The molecule has 2 aromatic carbocycles. The van der Waals surface area contributed by atoms with Gasteiger partial charge < -0.3 is 14.5 Å². The minimum atomic E-state index is 0.674. The molecule has 0 spiro atoms. The summed E-state index contributed by atoms with van der Waals surface area (Å²) in [5, 5.41) is 0. The summed E-state index contributed by atoms with van der Waals surface area (Å²) in [6.07, 6.45) is 0. The van der Waals surface area contributed by atoms with Crippen molar-refractivity contribution < 1.29 is 9.47 Å². The van der Waals surface area contributed by atoms with Crippen LogP contribution in [-0.4, -0.2) is 24.2 Å². The van der Waals surface area contributed by atoms with Crippen LogP contribution in [0.1, 0.15) is 0 Å². The summed E-state index contributed by atoms with van der Waals surface area (Å²) in [5.41, 5.74) is 2.76. The Balaban J connectivity index is 2.20. The minimum absolute atomic E-state index is 0.674. The molecule has 0 unspecified atom stereocenters. The molecule has 0 saturated heterocycles. The average molecular weight is 333 g/mol. The summed E-state index contributed by atoms with van der Waals surface area (Å²) in [6, 6.07) is 11.7. The molecule has 1 N–H and O–H groups in total. The fourth-order valence-corrected chi connectivity index (χ4v) is 2.54. The predicted octanol–water partition coefficient (Wildman–Crippen LogP) is 4.01. The highest BCUT2D eigenvalue weighted by Gasteiger charge is 2.14. The van der Waals surface area contributed by atoms with Crippen molar-refractivity contribution in [2.24, 2.45) is 0 Å². The van der Waals surface area contributed by atoms with Gasteiger partial charge in [0.15, 0.2) is 11.5 Å². The lowest BCUT2D eigenvalue weighted by atomic mass is 10.1. The number of para-hydroxylation sites is 1. The zero-order chi connectivity index (χ0) is 14.1. The van der Waals surface area contributed by atoms with Crippen LogP contribution in [0.2, 0.25) is 0 Å². The summed E-state index contributed by atoms with van der Waals surface area (Å²) < 4.78 is 11.8. The molecule has 20 heavy (non-hydrogen) atoms. The van der Waals surface area contributed by atoms with E-state index in [9.17, 15) is 0 Å². The molecule has 0 amide bonds. The first kappa shape index (κ1) is 13.0. The molecular weight excluding hydrogens is 320 g/mol. The summed E-state index contributed by atoms with van der Waals surface area (Å²) >= 11 is 3.46. The van der Waals surface area contributed by atoms with Crippen molar-refractivity contribution in [2.45, 2.75) is 0 Å². The molecule has 1 heterocycles. The van der Waals surface area contributed by atoms with E-state index in [4.69, 9.17) is 9.47 Å².